The van der Waals surface area contributed by atoms with Crippen LogP contribution in [0.3, 0.4) is 0 Å². The van der Waals surface area contributed by atoms with Crippen molar-refractivity contribution in [3.63, 3.8) is 0 Å². The van der Waals surface area contributed by atoms with Crippen LogP contribution in [0.2, 0.25) is 5.02 Å². The van der Waals surface area contributed by atoms with Crippen molar-refractivity contribution in [2.75, 3.05) is 10.6 Å². The van der Waals surface area contributed by atoms with E-state index in [2.05, 4.69) is 25.8 Å². The molecule has 2 N–H and O–H groups in total. The second-order valence-corrected chi connectivity index (χ2v) is 12.3. The Bertz CT molecular complexity index is 1570. The van der Waals surface area contributed by atoms with Crippen LogP contribution in [0.4, 0.5) is 23.1 Å². The zero-order valence-corrected chi connectivity index (χ0v) is 23.6. The molecule has 0 radical (unpaired) electrons. The van der Waals surface area contributed by atoms with Crippen LogP contribution in [0.5, 0.6) is 5.75 Å². The summed E-state index contributed by atoms with van der Waals surface area (Å²) in [6.45, 7) is 11.0. The highest BCUT2D eigenvalue weighted by Gasteiger charge is 2.23. The number of halogens is 1. The summed E-state index contributed by atoms with van der Waals surface area (Å²) in [5.41, 5.74) is 3.54. The zero-order chi connectivity index (χ0) is 27.6. The molecule has 0 atom stereocenters. The highest BCUT2D eigenvalue weighted by atomic mass is 35.5. The molecule has 0 amide bonds. The molecule has 0 saturated heterocycles. The molecule has 0 aliphatic carbocycles. The molecule has 9 nitrogen and oxygen atoms in total. The van der Waals surface area contributed by atoms with Gasteiger partial charge < -0.3 is 19.9 Å². The number of para-hydroxylation sites is 1. The molecule has 0 fully saturated rings. The maximum absolute atomic E-state index is 12.9. The fourth-order valence-electron chi connectivity index (χ4n) is 3.72. The molecule has 38 heavy (non-hydrogen) atoms. The van der Waals surface area contributed by atoms with Crippen LogP contribution < -0.4 is 15.4 Å². The Hall–Kier alpha value is -3.63. The highest BCUT2D eigenvalue weighted by Crippen LogP contribution is 2.37. The monoisotopic (exact) mass is 555 g/mol. The number of rotatable bonds is 9. The Labute approximate surface area is 227 Å². The number of benzene rings is 2. The number of nitrogens with zero attached hydrogens (tertiary/aromatic N) is 3. The maximum Gasteiger partial charge on any atom is 0.229 e. The lowest BCUT2D eigenvalue weighted by Gasteiger charge is -2.18. The number of ether oxygens (including phenoxy) is 1. The quantitative estimate of drug-likeness (QED) is 0.228. The summed E-state index contributed by atoms with van der Waals surface area (Å²) >= 11 is 6.40. The van der Waals surface area contributed by atoms with Gasteiger partial charge in [-0.2, -0.15) is 4.98 Å². The zero-order valence-electron chi connectivity index (χ0n) is 22.0. The summed E-state index contributed by atoms with van der Waals surface area (Å²) in [7, 11) is -3.55. The van der Waals surface area contributed by atoms with Gasteiger partial charge >= 0.3 is 0 Å². The van der Waals surface area contributed by atoms with Gasteiger partial charge in [-0.3, -0.25) is 0 Å². The van der Waals surface area contributed by atoms with E-state index in [1.165, 1.54) is 6.20 Å². The van der Waals surface area contributed by atoms with Crippen LogP contribution in [-0.2, 0) is 9.84 Å². The van der Waals surface area contributed by atoms with Gasteiger partial charge in [-0.1, -0.05) is 28.9 Å². The van der Waals surface area contributed by atoms with Gasteiger partial charge in [-0.05, 0) is 71.4 Å². The molecule has 4 rings (SSSR count). The van der Waals surface area contributed by atoms with Crippen molar-refractivity contribution in [1.29, 1.82) is 0 Å². The molecule has 0 aliphatic rings. The van der Waals surface area contributed by atoms with E-state index >= 15 is 0 Å². The van der Waals surface area contributed by atoms with Crippen LogP contribution in [-0.4, -0.2) is 34.9 Å². The molecule has 0 saturated carbocycles. The average Bonchev–Trinajstić information content (AvgIpc) is 3.28. The normalized spacial score (nSPS) is 11.7. The number of nitrogens with one attached hydrogen (secondary N) is 2. The molecular weight excluding hydrogens is 526 g/mol. The number of aromatic nitrogens is 3. The van der Waals surface area contributed by atoms with Crippen LogP contribution in [0, 0.1) is 13.8 Å². The third-order valence-corrected chi connectivity index (χ3v) is 8.13. The van der Waals surface area contributed by atoms with Gasteiger partial charge in [0.15, 0.2) is 21.4 Å². The Morgan fingerprint density at radius 2 is 1.74 bits per heavy atom. The fraction of sp³-hybridized carbons (Fsp3) is 0.296. The number of sulfone groups is 1. The van der Waals surface area contributed by atoms with Crippen LogP contribution in [0.1, 0.15) is 39.0 Å². The molecule has 0 spiro atoms. The first-order valence-corrected chi connectivity index (χ1v) is 14.0. The Balaban J connectivity index is 1.72. The molecule has 4 aromatic rings. The predicted molar refractivity (Wildman–Crippen MR) is 150 cm³/mol. The molecule has 11 heteroatoms. The minimum Gasteiger partial charge on any atom is -0.489 e. The second-order valence-electron chi connectivity index (χ2n) is 9.39. The summed E-state index contributed by atoms with van der Waals surface area (Å²) in [5, 5.41) is 9.92. The molecule has 0 aliphatic heterocycles. The Morgan fingerprint density at radius 3 is 2.39 bits per heavy atom. The van der Waals surface area contributed by atoms with E-state index in [1.807, 2.05) is 45.9 Å². The summed E-state index contributed by atoms with van der Waals surface area (Å²) in [6, 6.07) is 12.3. The molecule has 0 unspecified atom stereocenters. The van der Waals surface area contributed by atoms with Crippen LogP contribution in [0.15, 0.2) is 58.1 Å². The van der Waals surface area contributed by atoms with E-state index in [9.17, 15) is 8.42 Å². The predicted octanol–water partition coefficient (Wildman–Crippen LogP) is 6.86. The van der Waals surface area contributed by atoms with Gasteiger partial charge in [-0.25, -0.2) is 13.4 Å². The summed E-state index contributed by atoms with van der Waals surface area (Å²) < 4.78 is 37.3. The Kier molecular flexibility index (Phi) is 7.94. The van der Waals surface area contributed by atoms with Crippen molar-refractivity contribution >= 4 is 44.6 Å². The minimum absolute atomic E-state index is 0.0731. The third-order valence-electron chi connectivity index (χ3n) is 5.64. The van der Waals surface area contributed by atoms with E-state index in [4.69, 9.17) is 20.9 Å². The maximum atomic E-state index is 12.9. The van der Waals surface area contributed by atoms with E-state index in [0.29, 0.717) is 22.9 Å². The van der Waals surface area contributed by atoms with Gasteiger partial charge in [0.2, 0.25) is 5.95 Å². The SMILES string of the molecule is Cc1cc(-c2cc(Nc3ncc(Cl)c(Nc4ccccc4S(=O)(=O)C(C)C)n3)c(OC(C)C)cc2C)on1. The van der Waals surface area contributed by atoms with Gasteiger partial charge in [0.25, 0.3) is 0 Å². The van der Waals surface area contributed by atoms with Gasteiger partial charge in [0, 0.05) is 11.6 Å². The Morgan fingerprint density at radius 1 is 1.00 bits per heavy atom. The van der Waals surface area contributed by atoms with E-state index in [-0.39, 0.29) is 27.8 Å². The average molecular weight is 556 g/mol. The second kappa shape index (κ2) is 11.0. The topological polar surface area (TPSA) is 119 Å². The molecule has 2 heterocycles. The van der Waals surface area contributed by atoms with E-state index in [0.717, 1.165) is 16.8 Å². The number of aryl methyl sites for hydroxylation is 2. The van der Waals surface area contributed by atoms with Crippen molar-refractivity contribution in [3.8, 4) is 17.1 Å². The summed E-state index contributed by atoms with van der Waals surface area (Å²) in [4.78, 5) is 9.01. The minimum atomic E-state index is -3.55. The van der Waals surface area contributed by atoms with Crippen molar-refractivity contribution in [1.82, 2.24) is 15.1 Å². The first-order chi connectivity index (χ1) is 18.0. The lowest BCUT2D eigenvalue weighted by molar-refractivity contribution is 0.243. The first-order valence-electron chi connectivity index (χ1n) is 12.1. The molecular formula is C27H30ClN5O4S. The number of hydrogen-bond donors (Lipinski definition) is 2. The van der Waals surface area contributed by atoms with Crippen LogP contribution >= 0.6 is 11.6 Å². The summed E-state index contributed by atoms with van der Waals surface area (Å²) in [6.07, 6.45) is 1.37. The largest absolute Gasteiger partial charge is 0.489 e. The van der Waals surface area contributed by atoms with E-state index < -0.39 is 15.1 Å². The van der Waals surface area contributed by atoms with Crippen LogP contribution in [0.25, 0.3) is 11.3 Å². The number of hydrogen-bond acceptors (Lipinski definition) is 9. The van der Waals surface area contributed by atoms with Gasteiger partial charge in [0.05, 0.1) is 39.5 Å². The smallest absolute Gasteiger partial charge is 0.229 e. The van der Waals surface area contributed by atoms with E-state index in [1.54, 1.807) is 38.1 Å². The molecule has 2 aromatic carbocycles. The van der Waals surface area contributed by atoms with Gasteiger partial charge in [0.1, 0.15) is 10.8 Å². The number of anilines is 4. The molecule has 0 bridgehead atoms. The lowest BCUT2D eigenvalue weighted by Crippen LogP contribution is -2.15. The molecule has 200 valence electrons. The third kappa shape index (κ3) is 5.92. The standard InChI is InChI=1S/C27H30ClN5O4S/c1-15(2)36-24-11-17(5)19(23-12-18(6)33-37-23)13-22(24)31-27-29-14-20(28)26(32-27)30-21-9-7-8-10-25(21)38(34,35)16(3)4/h7-16H,1-6H3,(H2,29,30,31,32). The summed E-state index contributed by atoms with van der Waals surface area (Å²) in [5.74, 6) is 1.72. The van der Waals surface area contributed by atoms with Crippen molar-refractivity contribution < 1.29 is 17.7 Å². The first kappa shape index (κ1) is 27.4. The van der Waals surface area contributed by atoms with Gasteiger partial charge in [-0.15, -0.1) is 0 Å². The highest BCUT2D eigenvalue weighted by molar-refractivity contribution is 7.92. The molecule has 2 aromatic heterocycles. The van der Waals surface area contributed by atoms with Crippen molar-refractivity contribution in [3.05, 3.63) is 64.9 Å². The fourth-order valence-corrected chi connectivity index (χ4v) is 5.06. The van der Waals surface area contributed by atoms with Crippen molar-refractivity contribution in [2.24, 2.45) is 0 Å². The van der Waals surface area contributed by atoms with Crippen molar-refractivity contribution in [2.45, 2.75) is 57.8 Å². The lowest BCUT2D eigenvalue weighted by atomic mass is 10.0.